The third-order valence-corrected chi connectivity index (χ3v) is 14.2. The summed E-state index contributed by atoms with van der Waals surface area (Å²) in [6.45, 7) is 7.45. The highest BCUT2D eigenvalue weighted by Crippen LogP contribution is 2.46. The number of aliphatic hydroxyl groups is 2. The van der Waals surface area contributed by atoms with Gasteiger partial charge in [0.25, 0.3) is 0 Å². The Morgan fingerprint density at radius 2 is 2.00 bits per heavy atom. The number of phenols is 1. The maximum absolute atomic E-state index is 12.7. The topological polar surface area (TPSA) is 165 Å². The highest BCUT2D eigenvalue weighted by atomic mass is 16.5. The van der Waals surface area contributed by atoms with Gasteiger partial charge in [0.2, 0.25) is 0 Å². The van der Waals surface area contributed by atoms with Crippen LogP contribution in [0.2, 0.25) is 0 Å². The zero-order chi connectivity index (χ0) is 37.4. The summed E-state index contributed by atoms with van der Waals surface area (Å²) in [6, 6.07) is 4.34. The maximum atomic E-state index is 12.7. The Kier molecular flexibility index (Phi) is 11.3. The number of guanidine groups is 1. The SMILES string of the molecule is CC(=O)O[C@@H]1C[C@@H](O)CC[C@]2(C#C[C@H]3CCC[C@@H]4C[C@@H](CCN4)Oc4cc(c(CO)cc4O)C[C@H]31)CNC(N)=NCN1C[C@H]3C[C@H](C1)[C@H]1CC[C@H]2CN1C3. The van der Waals surface area contributed by atoms with Crippen molar-refractivity contribution in [3.05, 3.63) is 23.3 Å². The van der Waals surface area contributed by atoms with E-state index < -0.39 is 17.6 Å². The van der Waals surface area contributed by atoms with Gasteiger partial charge in [0, 0.05) is 70.0 Å². The van der Waals surface area contributed by atoms with Gasteiger partial charge in [-0.05, 0) is 112 Å². The number of nitrogens with one attached hydrogen (secondary N) is 2. The molecule has 1 aromatic rings. The number of esters is 1. The first-order valence-corrected chi connectivity index (χ1v) is 20.9. The summed E-state index contributed by atoms with van der Waals surface area (Å²) in [5.74, 6) is 9.54. The number of piperidine rings is 4. The smallest absolute Gasteiger partial charge is 0.302 e. The van der Waals surface area contributed by atoms with Crippen molar-refractivity contribution in [1.29, 1.82) is 0 Å². The molecule has 0 aromatic heterocycles. The lowest BCUT2D eigenvalue weighted by molar-refractivity contribution is -0.152. The number of hydrogen-bond donors (Lipinski definition) is 6. The number of benzene rings is 1. The fourth-order valence-corrected chi connectivity index (χ4v) is 11.5. The molecule has 8 aliphatic rings. The fourth-order valence-electron chi connectivity index (χ4n) is 11.5. The highest BCUT2D eigenvalue weighted by Gasteiger charge is 2.48. The van der Waals surface area contributed by atoms with Crippen molar-refractivity contribution in [3.63, 3.8) is 0 Å². The van der Waals surface area contributed by atoms with Gasteiger partial charge in [0.1, 0.15) is 12.2 Å². The molecule has 1 aliphatic carbocycles. The first kappa shape index (κ1) is 37.8. The van der Waals surface area contributed by atoms with Crippen LogP contribution in [0.25, 0.3) is 0 Å². The molecule has 1 aromatic carbocycles. The standard InChI is InChI=1S/C42H62N6O6/c1-26(50)53-39-18-34(51)8-11-42(24-45-41(43)46-25-47-19-27-13-30(21-47)37-6-5-32(42)22-48(37)20-27)10-7-28-3-2-4-33-17-35(9-12-44-33)54-40-16-29(14-36(28)39)31(23-49)15-38(40)52/h15-16,27-28,30,32-37,39,44,49,51-52H,2-6,8-9,11-14,17-25H2,1H3,(H3,43,45,46)/t27-,28-,30-,32+,33-,34+,35-,36-,37-,39-,42-/m1/s1. The molecule has 7 N–H and O–H groups in total. The predicted octanol–water partition coefficient (Wildman–Crippen LogP) is 2.72. The Morgan fingerprint density at radius 1 is 1.11 bits per heavy atom. The minimum Gasteiger partial charge on any atom is -0.504 e. The van der Waals surface area contributed by atoms with Crippen LogP contribution >= 0.6 is 0 Å². The molecule has 0 saturated carbocycles. The number of ether oxygens (including phenoxy) is 2. The van der Waals surface area contributed by atoms with Crippen LogP contribution in [0.4, 0.5) is 0 Å². The summed E-state index contributed by atoms with van der Waals surface area (Å²) in [4.78, 5) is 22.8. The van der Waals surface area contributed by atoms with Gasteiger partial charge in [-0.2, -0.15) is 0 Å². The number of phenolic OH excluding ortho intramolecular Hbond substituents is 1. The third-order valence-electron chi connectivity index (χ3n) is 14.2. The maximum Gasteiger partial charge on any atom is 0.302 e. The minimum atomic E-state index is -0.706. The van der Waals surface area contributed by atoms with Crippen LogP contribution in [0.3, 0.4) is 0 Å². The lowest BCUT2D eigenvalue weighted by Crippen LogP contribution is -2.61. The van der Waals surface area contributed by atoms with Crippen molar-refractivity contribution in [3.8, 4) is 23.3 Å². The molecule has 9 rings (SSSR count). The molecule has 54 heavy (non-hydrogen) atoms. The second-order valence-electron chi connectivity index (χ2n) is 17.8. The fraction of sp³-hybridized carbons (Fsp3) is 0.762. The number of aliphatic imine (C=N–C) groups is 1. The van der Waals surface area contributed by atoms with Crippen LogP contribution in [0.15, 0.2) is 17.1 Å². The highest BCUT2D eigenvalue weighted by molar-refractivity contribution is 5.77. The van der Waals surface area contributed by atoms with E-state index in [9.17, 15) is 20.1 Å². The molecule has 0 amide bonds. The lowest BCUT2D eigenvalue weighted by Gasteiger charge is -2.55. The number of fused-ring (bicyclic) bond motifs is 9. The van der Waals surface area contributed by atoms with Crippen molar-refractivity contribution in [2.45, 2.75) is 121 Å². The summed E-state index contributed by atoms with van der Waals surface area (Å²) in [7, 11) is 0. The first-order valence-electron chi connectivity index (χ1n) is 20.9. The Labute approximate surface area is 320 Å². The van der Waals surface area contributed by atoms with Gasteiger partial charge < -0.3 is 41.2 Å². The number of nitrogens with two attached hydrogens (primary N) is 1. The zero-order valence-electron chi connectivity index (χ0n) is 32.1. The van der Waals surface area contributed by atoms with E-state index in [4.69, 9.17) is 20.2 Å². The van der Waals surface area contributed by atoms with Crippen molar-refractivity contribution in [2.24, 2.45) is 45.7 Å². The molecular formula is C42H62N6O6. The molecule has 7 heterocycles. The molecule has 10 bridgehead atoms. The van der Waals surface area contributed by atoms with Gasteiger partial charge >= 0.3 is 5.97 Å². The van der Waals surface area contributed by atoms with E-state index in [1.807, 2.05) is 6.07 Å². The third kappa shape index (κ3) is 8.22. The zero-order valence-corrected chi connectivity index (χ0v) is 32.1. The Balaban J connectivity index is 1.22. The molecular weight excluding hydrogens is 684 g/mol. The van der Waals surface area contributed by atoms with Crippen LogP contribution in [-0.2, 0) is 22.6 Å². The predicted molar refractivity (Wildman–Crippen MR) is 205 cm³/mol. The van der Waals surface area contributed by atoms with Gasteiger partial charge in [-0.25, -0.2) is 4.99 Å². The summed E-state index contributed by atoms with van der Waals surface area (Å²) >= 11 is 0. The lowest BCUT2D eigenvalue weighted by atomic mass is 9.64. The molecule has 13 atom stereocenters. The van der Waals surface area contributed by atoms with E-state index in [-0.39, 0.29) is 42.3 Å². The van der Waals surface area contributed by atoms with Crippen molar-refractivity contribution in [1.82, 2.24) is 20.4 Å². The Morgan fingerprint density at radius 3 is 2.85 bits per heavy atom. The average molecular weight is 747 g/mol. The van der Waals surface area contributed by atoms with Crippen LogP contribution < -0.4 is 21.1 Å². The number of rotatable bonds is 2. The normalized spacial score (nSPS) is 40.9. The minimum absolute atomic E-state index is 0.0154. The quantitative estimate of drug-likeness (QED) is 0.195. The van der Waals surface area contributed by atoms with E-state index in [0.29, 0.717) is 80.0 Å². The van der Waals surface area contributed by atoms with E-state index >= 15 is 0 Å². The number of carbonyl (C=O) groups is 1. The van der Waals surface area contributed by atoms with Crippen LogP contribution in [0.5, 0.6) is 11.5 Å². The van der Waals surface area contributed by atoms with Gasteiger partial charge in [-0.1, -0.05) is 18.3 Å². The van der Waals surface area contributed by atoms with Gasteiger partial charge in [0.05, 0.1) is 24.8 Å². The molecule has 1 spiro atoms. The monoisotopic (exact) mass is 746 g/mol. The second-order valence-corrected chi connectivity index (χ2v) is 17.8. The largest absolute Gasteiger partial charge is 0.504 e. The van der Waals surface area contributed by atoms with Crippen LogP contribution in [-0.4, -0.2) is 113 Å². The summed E-state index contributed by atoms with van der Waals surface area (Å²) in [6.07, 6.45) is 8.58. The van der Waals surface area contributed by atoms with Gasteiger partial charge in [-0.3, -0.25) is 14.6 Å². The van der Waals surface area contributed by atoms with Crippen molar-refractivity contribution >= 4 is 11.9 Å². The second kappa shape index (κ2) is 16.2. The summed E-state index contributed by atoms with van der Waals surface area (Å²) in [5, 5.41) is 40.7. The molecule has 12 heteroatoms. The van der Waals surface area contributed by atoms with Crippen LogP contribution in [0, 0.1) is 46.8 Å². The summed E-state index contributed by atoms with van der Waals surface area (Å²) < 4.78 is 12.6. The van der Waals surface area contributed by atoms with Crippen molar-refractivity contribution in [2.75, 3.05) is 45.9 Å². The van der Waals surface area contributed by atoms with Gasteiger partial charge in [-0.15, -0.1) is 0 Å². The molecule has 2 unspecified atom stereocenters. The number of aromatic hydroxyl groups is 1. The Bertz CT molecular complexity index is 1610. The molecule has 7 aliphatic heterocycles. The molecule has 4 saturated heterocycles. The number of nitrogens with zero attached hydrogens (tertiary/aromatic N) is 3. The molecule has 296 valence electrons. The van der Waals surface area contributed by atoms with E-state index in [0.717, 1.165) is 83.2 Å². The van der Waals surface area contributed by atoms with Gasteiger partial charge in [0.15, 0.2) is 17.5 Å². The van der Waals surface area contributed by atoms with E-state index in [1.54, 1.807) is 6.07 Å². The van der Waals surface area contributed by atoms with Crippen molar-refractivity contribution < 1.29 is 29.6 Å². The molecule has 12 nitrogen and oxygen atoms in total. The van der Waals surface area contributed by atoms with E-state index in [1.165, 1.54) is 13.3 Å². The number of aliphatic hydroxyl groups excluding tert-OH is 2. The first-order chi connectivity index (χ1) is 26.1. The molecule has 0 radical (unpaired) electrons. The average Bonchev–Trinajstić information content (AvgIpc) is 3.16. The number of hydrogen-bond acceptors (Lipinski definition) is 12. The number of carbonyl (C=O) groups excluding carboxylic acids is 1. The summed E-state index contributed by atoms with van der Waals surface area (Å²) in [5.41, 5.74) is 7.60. The van der Waals surface area contributed by atoms with Crippen LogP contribution in [0.1, 0.15) is 88.7 Å². The molecule has 4 fully saturated rings. The Hall–Kier alpha value is -3.08. The van der Waals surface area contributed by atoms with E-state index in [2.05, 4.69) is 32.3 Å².